The van der Waals surface area contributed by atoms with Gasteiger partial charge in [0.25, 0.3) is 0 Å². The van der Waals surface area contributed by atoms with Crippen molar-refractivity contribution >= 4 is 21.7 Å². The van der Waals surface area contributed by atoms with Gasteiger partial charge in [0.2, 0.25) is 0 Å². The van der Waals surface area contributed by atoms with E-state index in [-0.39, 0.29) is 17.5 Å². The van der Waals surface area contributed by atoms with Gasteiger partial charge in [-0.3, -0.25) is 4.79 Å². The second-order valence-corrected chi connectivity index (χ2v) is 3.51. The molecule has 1 rings (SSSR count). The summed E-state index contributed by atoms with van der Waals surface area (Å²) in [5, 5.41) is 17.8. The number of nitrogens with zero attached hydrogens (tertiary/aromatic N) is 2. The summed E-state index contributed by atoms with van der Waals surface area (Å²) in [4.78, 5) is 11.2. The fourth-order valence-corrected chi connectivity index (χ4v) is 1.36. The van der Waals surface area contributed by atoms with E-state index in [4.69, 9.17) is 10.5 Å². The molecule has 0 aromatic heterocycles. The van der Waals surface area contributed by atoms with Crippen LogP contribution in [0.15, 0.2) is 18.2 Å². The molecule has 0 fully saturated rings. The molecule has 0 bridgehead atoms. The predicted molar refractivity (Wildman–Crippen MR) is 58.4 cm³/mol. The van der Waals surface area contributed by atoms with Crippen molar-refractivity contribution in [2.75, 3.05) is 5.33 Å². The maximum Gasteiger partial charge on any atom is 0.147 e. The first kappa shape index (κ1) is 11.4. The third-order valence-electron chi connectivity index (χ3n) is 1.90. The fraction of sp³-hybridized carbons (Fsp3) is 0.182. The van der Waals surface area contributed by atoms with E-state index in [2.05, 4.69) is 15.9 Å². The SMILES string of the molecule is N#Cc1ccc(CC(=O)CBr)c(C#N)c1. The number of carbonyl (C=O) groups excluding carboxylic acids is 1. The van der Waals surface area contributed by atoms with Crippen molar-refractivity contribution in [2.24, 2.45) is 0 Å². The van der Waals surface area contributed by atoms with E-state index in [9.17, 15) is 4.79 Å². The lowest BCUT2D eigenvalue weighted by Crippen LogP contribution is -2.05. The van der Waals surface area contributed by atoms with Gasteiger partial charge in [0.05, 0.1) is 28.6 Å². The first-order valence-electron chi connectivity index (χ1n) is 4.22. The monoisotopic (exact) mass is 262 g/mol. The van der Waals surface area contributed by atoms with Gasteiger partial charge in [-0.2, -0.15) is 10.5 Å². The van der Waals surface area contributed by atoms with Gasteiger partial charge in [-0.05, 0) is 17.7 Å². The summed E-state index contributed by atoms with van der Waals surface area (Å²) in [5.41, 5.74) is 1.49. The van der Waals surface area contributed by atoms with Crippen molar-refractivity contribution in [3.05, 3.63) is 34.9 Å². The highest BCUT2D eigenvalue weighted by atomic mass is 79.9. The van der Waals surface area contributed by atoms with Gasteiger partial charge in [-0.25, -0.2) is 0 Å². The maximum absolute atomic E-state index is 11.2. The van der Waals surface area contributed by atoms with Crippen molar-refractivity contribution < 1.29 is 4.79 Å². The Hall–Kier alpha value is -1.65. The average Bonchev–Trinajstić information content (AvgIpc) is 2.29. The summed E-state index contributed by atoms with van der Waals surface area (Å²) in [6, 6.07) is 8.69. The van der Waals surface area contributed by atoms with E-state index in [0.29, 0.717) is 16.7 Å². The Morgan fingerprint density at radius 1 is 1.33 bits per heavy atom. The molecule has 0 N–H and O–H groups in total. The molecule has 0 aliphatic rings. The minimum Gasteiger partial charge on any atom is -0.298 e. The molecular formula is C11H7BrN2O. The van der Waals surface area contributed by atoms with Crippen molar-refractivity contribution in [3.8, 4) is 12.1 Å². The smallest absolute Gasteiger partial charge is 0.147 e. The zero-order chi connectivity index (χ0) is 11.3. The molecule has 0 heterocycles. The number of nitriles is 2. The van der Waals surface area contributed by atoms with Gasteiger partial charge in [-0.15, -0.1) is 0 Å². The van der Waals surface area contributed by atoms with Gasteiger partial charge in [0, 0.05) is 6.42 Å². The molecule has 15 heavy (non-hydrogen) atoms. The van der Waals surface area contributed by atoms with Crippen LogP contribution in [0.5, 0.6) is 0 Å². The number of Topliss-reactive ketones (excluding diaryl/α,β-unsaturated/α-hetero) is 1. The molecule has 0 spiro atoms. The van der Waals surface area contributed by atoms with Crippen LogP contribution in [0.1, 0.15) is 16.7 Å². The van der Waals surface area contributed by atoms with Gasteiger partial charge >= 0.3 is 0 Å². The highest BCUT2D eigenvalue weighted by molar-refractivity contribution is 9.09. The molecule has 0 radical (unpaired) electrons. The van der Waals surface area contributed by atoms with Crippen molar-refractivity contribution in [1.29, 1.82) is 10.5 Å². The summed E-state index contributed by atoms with van der Waals surface area (Å²) in [6.45, 7) is 0. The molecule has 0 aliphatic heterocycles. The first-order valence-corrected chi connectivity index (χ1v) is 5.34. The molecule has 0 unspecified atom stereocenters. The van der Waals surface area contributed by atoms with Gasteiger partial charge in [0.15, 0.2) is 0 Å². The number of hydrogen-bond acceptors (Lipinski definition) is 3. The van der Waals surface area contributed by atoms with Crippen LogP contribution in [0.3, 0.4) is 0 Å². The molecule has 4 heteroatoms. The summed E-state index contributed by atoms with van der Waals surface area (Å²) < 4.78 is 0. The standard InChI is InChI=1S/C11H7BrN2O/c12-5-11(15)4-9-2-1-8(6-13)3-10(9)7-14/h1-3H,4-5H2. The fourth-order valence-electron chi connectivity index (χ4n) is 1.16. The second-order valence-electron chi connectivity index (χ2n) is 2.94. The van der Waals surface area contributed by atoms with E-state index in [0.717, 1.165) is 0 Å². The van der Waals surface area contributed by atoms with Gasteiger partial charge in [0.1, 0.15) is 5.78 Å². The van der Waals surface area contributed by atoms with Crippen LogP contribution in [0.25, 0.3) is 0 Å². The van der Waals surface area contributed by atoms with Crippen molar-refractivity contribution in [2.45, 2.75) is 6.42 Å². The highest BCUT2D eigenvalue weighted by Crippen LogP contribution is 2.12. The van der Waals surface area contributed by atoms with E-state index >= 15 is 0 Å². The van der Waals surface area contributed by atoms with E-state index in [1.54, 1.807) is 12.1 Å². The number of benzene rings is 1. The van der Waals surface area contributed by atoms with E-state index in [1.165, 1.54) is 6.07 Å². The molecule has 0 atom stereocenters. The van der Waals surface area contributed by atoms with E-state index in [1.807, 2.05) is 12.1 Å². The quantitative estimate of drug-likeness (QED) is 0.782. The predicted octanol–water partition coefficient (Wildman–Crippen LogP) is 1.94. The Morgan fingerprint density at radius 2 is 2.07 bits per heavy atom. The topological polar surface area (TPSA) is 64.7 Å². The molecular weight excluding hydrogens is 256 g/mol. The van der Waals surface area contributed by atoms with Crippen LogP contribution < -0.4 is 0 Å². The van der Waals surface area contributed by atoms with Crippen LogP contribution in [-0.4, -0.2) is 11.1 Å². The largest absolute Gasteiger partial charge is 0.298 e. The molecule has 3 nitrogen and oxygen atoms in total. The Balaban J connectivity index is 3.05. The maximum atomic E-state index is 11.2. The minimum absolute atomic E-state index is 0.0104. The lowest BCUT2D eigenvalue weighted by molar-refractivity contribution is -0.115. The first-order chi connectivity index (χ1) is 7.21. The molecule has 74 valence electrons. The van der Waals surface area contributed by atoms with E-state index < -0.39 is 0 Å². The van der Waals surface area contributed by atoms with Crippen molar-refractivity contribution in [3.63, 3.8) is 0 Å². The number of hydrogen-bond donors (Lipinski definition) is 0. The third kappa shape index (κ3) is 2.90. The van der Waals surface area contributed by atoms with Crippen LogP contribution in [0.4, 0.5) is 0 Å². The zero-order valence-electron chi connectivity index (χ0n) is 7.83. The number of halogens is 1. The summed E-state index contributed by atoms with van der Waals surface area (Å²) in [6.07, 6.45) is 0.222. The average molecular weight is 263 g/mol. The van der Waals surface area contributed by atoms with Crippen LogP contribution in [0, 0.1) is 22.7 Å². The number of carbonyl (C=O) groups is 1. The summed E-state index contributed by atoms with van der Waals surface area (Å²) in [7, 11) is 0. The lowest BCUT2D eigenvalue weighted by Gasteiger charge is -2.01. The zero-order valence-corrected chi connectivity index (χ0v) is 9.41. The van der Waals surface area contributed by atoms with Crippen LogP contribution >= 0.6 is 15.9 Å². The second kappa shape index (κ2) is 5.29. The molecule has 0 saturated heterocycles. The molecule has 1 aromatic carbocycles. The number of ketones is 1. The Labute approximate surface area is 96.1 Å². The molecule has 0 aliphatic carbocycles. The van der Waals surface area contributed by atoms with Crippen LogP contribution in [0.2, 0.25) is 0 Å². The Kier molecular flexibility index (Phi) is 4.03. The summed E-state index contributed by atoms with van der Waals surface area (Å²) >= 11 is 3.06. The van der Waals surface area contributed by atoms with Gasteiger partial charge < -0.3 is 0 Å². The summed E-state index contributed by atoms with van der Waals surface area (Å²) in [5.74, 6) is 0.0104. The van der Waals surface area contributed by atoms with Crippen LogP contribution in [-0.2, 0) is 11.2 Å². The van der Waals surface area contributed by atoms with Crippen molar-refractivity contribution in [1.82, 2.24) is 0 Å². The Bertz CT molecular complexity index is 468. The lowest BCUT2D eigenvalue weighted by atomic mass is 10.0. The molecule has 1 aromatic rings. The molecule has 0 saturated carbocycles. The normalized spacial score (nSPS) is 9.00. The minimum atomic E-state index is 0.0104. The third-order valence-corrected chi connectivity index (χ3v) is 2.52. The number of rotatable bonds is 3. The highest BCUT2D eigenvalue weighted by Gasteiger charge is 2.07. The Morgan fingerprint density at radius 3 is 2.60 bits per heavy atom. The number of alkyl halides is 1. The van der Waals surface area contributed by atoms with Gasteiger partial charge in [-0.1, -0.05) is 22.0 Å². The molecule has 0 amide bonds.